The van der Waals surface area contributed by atoms with Crippen LogP contribution in [0.2, 0.25) is 5.02 Å². The molecule has 12 heteroatoms. The average molecular weight is 493 g/mol. The molecular formula is C21H22ClFN6O3S. The first-order valence-corrected chi connectivity index (χ1v) is 11.7. The predicted octanol–water partition coefficient (Wildman–Crippen LogP) is 2.64. The summed E-state index contributed by atoms with van der Waals surface area (Å²) < 4.78 is 14.9. The number of carbonyl (C=O) groups excluding carboxylic acids is 2. The number of carbonyl (C=O) groups is 2. The van der Waals surface area contributed by atoms with Gasteiger partial charge in [0, 0.05) is 19.6 Å². The van der Waals surface area contributed by atoms with Gasteiger partial charge in [-0.05, 0) is 38.0 Å². The predicted molar refractivity (Wildman–Crippen MR) is 125 cm³/mol. The zero-order valence-corrected chi connectivity index (χ0v) is 19.4. The Balaban J connectivity index is 1.51. The quantitative estimate of drug-likeness (QED) is 0.547. The van der Waals surface area contributed by atoms with Gasteiger partial charge in [0.15, 0.2) is 10.8 Å². The van der Waals surface area contributed by atoms with E-state index in [4.69, 9.17) is 11.6 Å². The second-order valence-electron chi connectivity index (χ2n) is 7.68. The highest BCUT2D eigenvalue weighted by Crippen LogP contribution is 2.29. The lowest BCUT2D eigenvalue weighted by atomic mass is 9.97. The van der Waals surface area contributed by atoms with Crippen LogP contribution < -0.4 is 21.1 Å². The smallest absolute Gasteiger partial charge is 0.273 e. The van der Waals surface area contributed by atoms with Crippen molar-refractivity contribution < 1.29 is 14.0 Å². The Morgan fingerprint density at radius 2 is 2.18 bits per heavy atom. The van der Waals surface area contributed by atoms with Gasteiger partial charge in [-0.2, -0.15) is 4.98 Å². The van der Waals surface area contributed by atoms with Crippen molar-refractivity contribution in [1.29, 1.82) is 0 Å². The average Bonchev–Trinajstić information content (AvgIpc) is 3.24. The van der Waals surface area contributed by atoms with E-state index in [0.29, 0.717) is 28.6 Å². The van der Waals surface area contributed by atoms with Crippen LogP contribution in [0.4, 0.5) is 15.2 Å². The summed E-state index contributed by atoms with van der Waals surface area (Å²) in [4.78, 5) is 48.3. The van der Waals surface area contributed by atoms with Crippen LogP contribution in [0.25, 0.3) is 10.3 Å². The monoisotopic (exact) mass is 492 g/mol. The Kier molecular flexibility index (Phi) is 6.89. The largest absolute Gasteiger partial charge is 0.356 e. The van der Waals surface area contributed by atoms with Gasteiger partial charge in [-0.25, -0.2) is 9.37 Å². The highest BCUT2D eigenvalue weighted by atomic mass is 35.5. The minimum absolute atomic E-state index is 0.0215. The molecule has 1 saturated heterocycles. The van der Waals surface area contributed by atoms with Crippen molar-refractivity contribution in [3.8, 4) is 0 Å². The standard InChI is InChI=1S/C21H22ClFN6O3S/c1-2-24-19(31)12-4-3-7-28(9-12)21-27-18-17(33-21)20(32)29(11-25-18)10-16(30)26-15-8-13(23)5-6-14(15)22/h5-6,8,11-12H,2-4,7,9-10H2,1H3,(H,24,31)(H,26,30). The molecule has 2 aromatic heterocycles. The third-order valence-corrected chi connectivity index (χ3v) is 6.73. The molecule has 3 heterocycles. The van der Waals surface area contributed by atoms with E-state index in [1.54, 1.807) is 0 Å². The summed E-state index contributed by atoms with van der Waals surface area (Å²) in [6.07, 6.45) is 2.91. The van der Waals surface area contributed by atoms with Gasteiger partial charge in [0.1, 0.15) is 23.4 Å². The topological polar surface area (TPSA) is 109 Å². The normalized spacial score (nSPS) is 16.1. The molecule has 1 unspecified atom stereocenters. The molecule has 1 aliphatic rings. The van der Waals surface area contributed by atoms with E-state index < -0.39 is 17.3 Å². The zero-order chi connectivity index (χ0) is 23.5. The van der Waals surface area contributed by atoms with Crippen molar-refractivity contribution in [2.75, 3.05) is 29.9 Å². The van der Waals surface area contributed by atoms with Crippen molar-refractivity contribution in [2.24, 2.45) is 5.92 Å². The van der Waals surface area contributed by atoms with Gasteiger partial charge >= 0.3 is 0 Å². The van der Waals surface area contributed by atoms with Crippen LogP contribution in [0.5, 0.6) is 0 Å². The molecule has 1 aromatic carbocycles. The summed E-state index contributed by atoms with van der Waals surface area (Å²) in [5.74, 6) is -1.20. The summed E-state index contributed by atoms with van der Waals surface area (Å²) >= 11 is 7.17. The fourth-order valence-corrected chi connectivity index (χ4v) is 4.87. The Bertz CT molecular complexity index is 1260. The van der Waals surface area contributed by atoms with E-state index >= 15 is 0 Å². The van der Waals surface area contributed by atoms with E-state index in [2.05, 4.69) is 20.6 Å². The third-order valence-electron chi connectivity index (χ3n) is 5.30. The lowest BCUT2D eigenvalue weighted by molar-refractivity contribution is -0.125. The molecule has 3 aromatic rings. The second kappa shape index (κ2) is 9.84. The molecular weight excluding hydrogens is 471 g/mol. The van der Waals surface area contributed by atoms with Crippen LogP contribution >= 0.6 is 22.9 Å². The number of benzene rings is 1. The molecule has 0 radical (unpaired) electrons. The fraction of sp³-hybridized carbons (Fsp3) is 0.381. The summed E-state index contributed by atoms with van der Waals surface area (Å²) in [5, 5.41) is 6.17. The Morgan fingerprint density at radius 1 is 1.36 bits per heavy atom. The van der Waals surface area contributed by atoms with Crippen LogP contribution in [0.15, 0.2) is 29.3 Å². The van der Waals surface area contributed by atoms with E-state index in [0.717, 1.165) is 25.5 Å². The van der Waals surface area contributed by atoms with Gasteiger partial charge in [0.2, 0.25) is 11.8 Å². The van der Waals surface area contributed by atoms with E-state index in [9.17, 15) is 18.8 Å². The number of halogens is 2. The van der Waals surface area contributed by atoms with E-state index in [1.807, 2.05) is 11.8 Å². The van der Waals surface area contributed by atoms with Gasteiger partial charge < -0.3 is 15.5 Å². The van der Waals surface area contributed by atoms with Crippen molar-refractivity contribution in [1.82, 2.24) is 19.9 Å². The lowest BCUT2D eigenvalue weighted by Gasteiger charge is -2.31. The maximum Gasteiger partial charge on any atom is 0.273 e. The molecule has 33 heavy (non-hydrogen) atoms. The number of nitrogens with zero attached hydrogens (tertiary/aromatic N) is 4. The van der Waals surface area contributed by atoms with Crippen molar-refractivity contribution in [2.45, 2.75) is 26.3 Å². The van der Waals surface area contributed by atoms with Crippen molar-refractivity contribution in [3.05, 3.63) is 45.7 Å². The van der Waals surface area contributed by atoms with E-state index in [-0.39, 0.29) is 29.1 Å². The van der Waals surface area contributed by atoms with Gasteiger partial charge in [-0.3, -0.25) is 19.0 Å². The zero-order valence-electron chi connectivity index (χ0n) is 17.8. The Morgan fingerprint density at radius 3 is 2.97 bits per heavy atom. The van der Waals surface area contributed by atoms with Crippen LogP contribution in [-0.4, -0.2) is 46.0 Å². The highest BCUT2D eigenvalue weighted by Gasteiger charge is 2.27. The lowest BCUT2D eigenvalue weighted by Crippen LogP contribution is -2.43. The van der Waals surface area contributed by atoms with Crippen LogP contribution in [0.1, 0.15) is 19.8 Å². The molecule has 0 aliphatic carbocycles. The highest BCUT2D eigenvalue weighted by molar-refractivity contribution is 7.22. The molecule has 0 saturated carbocycles. The first-order chi connectivity index (χ1) is 15.9. The van der Waals surface area contributed by atoms with Gasteiger partial charge in [-0.15, -0.1) is 0 Å². The number of hydrogen-bond acceptors (Lipinski definition) is 7. The minimum atomic E-state index is -0.545. The van der Waals surface area contributed by atoms with Crippen LogP contribution in [0.3, 0.4) is 0 Å². The molecule has 2 N–H and O–H groups in total. The molecule has 1 fully saturated rings. The molecule has 9 nitrogen and oxygen atoms in total. The number of nitrogens with one attached hydrogen (secondary N) is 2. The van der Waals surface area contributed by atoms with Crippen molar-refractivity contribution in [3.63, 3.8) is 0 Å². The maximum absolute atomic E-state index is 13.4. The number of anilines is 2. The van der Waals surface area contributed by atoms with E-state index in [1.165, 1.54) is 34.4 Å². The number of amides is 2. The molecule has 1 atom stereocenters. The van der Waals surface area contributed by atoms with Crippen molar-refractivity contribution >= 4 is 55.9 Å². The molecule has 174 valence electrons. The molecule has 2 amide bonds. The number of piperidine rings is 1. The summed E-state index contributed by atoms with van der Waals surface area (Å²) in [5.41, 5.74) is 0.0158. The Labute approximate surface area is 197 Å². The molecule has 0 spiro atoms. The third kappa shape index (κ3) is 5.14. The van der Waals surface area contributed by atoms with Gasteiger partial charge in [0.05, 0.1) is 16.6 Å². The summed E-state index contributed by atoms with van der Waals surface area (Å²) in [7, 11) is 0. The fourth-order valence-electron chi connectivity index (χ4n) is 3.70. The molecule has 1 aliphatic heterocycles. The number of hydrogen-bond donors (Lipinski definition) is 2. The maximum atomic E-state index is 13.4. The second-order valence-corrected chi connectivity index (χ2v) is 9.06. The summed E-state index contributed by atoms with van der Waals surface area (Å²) in [6.45, 7) is 3.41. The first-order valence-electron chi connectivity index (χ1n) is 10.5. The minimum Gasteiger partial charge on any atom is -0.356 e. The molecule has 4 rings (SSSR count). The number of thiazole rings is 1. The Hall–Kier alpha value is -3.05. The SMILES string of the molecule is CCNC(=O)C1CCCN(c2nc3ncn(CC(=O)Nc4cc(F)ccc4Cl)c(=O)c3s2)C1. The number of fused-ring (bicyclic) bond motifs is 1. The summed E-state index contributed by atoms with van der Waals surface area (Å²) in [6, 6.07) is 3.62. The van der Waals surface area contributed by atoms with Gasteiger partial charge in [-0.1, -0.05) is 22.9 Å². The number of aromatic nitrogens is 3. The number of rotatable bonds is 6. The molecule has 0 bridgehead atoms. The van der Waals surface area contributed by atoms with Crippen LogP contribution in [0, 0.1) is 11.7 Å². The van der Waals surface area contributed by atoms with Gasteiger partial charge in [0.25, 0.3) is 5.56 Å². The van der Waals surface area contributed by atoms with Crippen LogP contribution in [-0.2, 0) is 16.1 Å². The first kappa shape index (κ1) is 23.1.